The summed E-state index contributed by atoms with van der Waals surface area (Å²) in [5.41, 5.74) is 6.12. The van der Waals surface area contributed by atoms with E-state index in [0.717, 1.165) is 12.8 Å². The van der Waals surface area contributed by atoms with Crippen LogP contribution in [0.3, 0.4) is 0 Å². The number of carbonyl (C=O) groups excluding carboxylic acids is 1. The second-order valence-corrected chi connectivity index (χ2v) is 8.35. The molecule has 0 amide bonds. The minimum atomic E-state index is 0.135. The van der Waals surface area contributed by atoms with Crippen LogP contribution in [0.15, 0.2) is 29.8 Å². The van der Waals surface area contributed by atoms with Crippen molar-refractivity contribution in [2.24, 2.45) is 5.92 Å². The van der Waals surface area contributed by atoms with Crippen molar-refractivity contribution in [3.8, 4) is 0 Å². The maximum Gasteiger partial charge on any atom is 0.138 e. The van der Waals surface area contributed by atoms with Gasteiger partial charge < -0.3 is 0 Å². The van der Waals surface area contributed by atoms with Crippen molar-refractivity contribution in [1.82, 2.24) is 0 Å². The van der Waals surface area contributed by atoms with E-state index in [9.17, 15) is 4.79 Å². The Kier molecular flexibility index (Phi) is 2.59. The molecule has 3 aliphatic carbocycles. The number of carbonyl (C=O) groups is 1. The lowest BCUT2D eigenvalue weighted by atomic mass is 9.61. The summed E-state index contributed by atoms with van der Waals surface area (Å²) in [6.45, 7) is 6.83. The number of fused-ring (bicyclic) bond motifs is 5. The summed E-state index contributed by atoms with van der Waals surface area (Å²) in [4.78, 5) is 12.3. The van der Waals surface area contributed by atoms with Gasteiger partial charge in [-0.2, -0.15) is 0 Å². The lowest BCUT2D eigenvalue weighted by Crippen LogP contribution is -2.39. The predicted octanol–water partition coefficient (Wildman–Crippen LogP) is 4.48. The number of ketones is 1. The maximum absolute atomic E-state index is 12.3. The lowest BCUT2D eigenvalue weighted by Gasteiger charge is -2.41. The topological polar surface area (TPSA) is 17.1 Å². The molecule has 1 saturated carbocycles. The highest BCUT2D eigenvalue weighted by atomic mass is 16.1. The molecule has 1 aromatic rings. The molecule has 1 spiro atoms. The van der Waals surface area contributed by atoms with E-state index in [4.69, 9.17) is 0 Å². The Labute approximate surface area is 127 Å². The Bertz CT molecular complexity index is 659. The van der Waals surface area contributed by atoms with E-state index in [0.29, 0.717) is 18.1 Å². The van der Waals surface area contributed by atoms with Crippen LogP contribution in [-0.2, 0) is 22.0 Å². The summed E-state index contributed by atoms with van der Waals surface area (Å²) in [7, 11) is 0. The first-order valence-corrected chi connectivity index (χ1v) is 8.22. The maximum atomic E-state index is 12.3. The Morgan fingerprint density at radius 2 is 2.00 bits per heavy atom. The van der Waals surface area contributed by atoms with Crippen molar-refractivity contribution in [2.45, 2.75) is 63.7 Å². The second-order valence-electron chi connectivity index (χ2n) is 8.35. The van der Waals surface area contributed by atoms with E-state index in [1.54, 1.807) is 5.57 Å². The average molecular weight is 280 g/mol. The summed E-state index contributed by atoms with van der Waals surface area (Å²) in [5.74, 6) is 1.12. The molecular formula is C20H24O. The number of hydrogen-bond donors (Lipinski definition) is 0. The van der Waals surface area contributed by atoms with Gasteiger partial charge >= 0.3 is 0 Å². The summed E-state index contributed by atoms with van der Waals surface area (Å²) in [5, 5.41) is 0. The molecule has 2 atom stereocenters. The van der Waals surface area contributed by atoms with E-state index < -0.39 is 0 Å². The van der Waals surface area contributed by atoms with E-state index in [-0.39, 0.29) is 10.8 Å². The predicted molar refractivity (Wildman–Crippen MR) is 85.6 cm³/mol. The van der Waals surface area contributed by atoms with Crippen LogP contribution < -0.4 is 0 Å². The summed E-state index contributed by atoms with van der Waals surface area (Å²) < 4.78 is 0. The monoisotopic (exact) mass is 280 g/mol. The van der Waals surface area contributed by atoms with Crippen LogP contribution >= 0.6 is 0 Å². The molecule has 21 heavy (non-hydrogen) atoms. The number of hydrogen-bond acceptors (Lipinski definition) is 1. The number of allylic oxidation sites excluding steroid dienone is 2. The van der Waals surface area contributed by atoms with Crippen LogP contribution in [0, 0.1) is 5.92 Å². The van der Waals surface area contributed by atoms with Crippen LogP contribution in [0.2, 0.25) is 0 Å². The molecule has 3 aliphatic rings. The van der Waals surface area contributed by atoms with Crippen molar-refractivity contribution in [2.75, 3.05) is 0 Å². The SMILES string of the molecule is CC(C)(C)c1ccc2c(c1)C1(CC(=O)C2)CC2=CCC1C2. The molecule has 2 bridgehead atoms. The van der Waals surface area contributed by atoms with Crippen molar-refractivity contribution in [3.05, 3.63) is 46.5 Å². The van der Waals surface area contributed by atoms with Crippen LogP contribution in [0.4, 0.5) is 0 Å². The van der Waals surface area contributed by atoms with Crippen LogP contribution in [0.5, 0.6) is 0 Å². The van der Waals surface area contributed by atoms with Gasteiger partial charge in [-0.25, -0.2) is 0 Å². The molecule has 110 valence electrons. The highest BCUT2D eigenvalue weighted by Crippen LogP contribution is 2.58. The Morgan fingerprint density at radius 1 is 1.19 bits per heavy atom. The Morgan fingerprint density at radius 3 is 2.62 bits per heavy atom. The van der Waals surface area contributed by atoms with Gasteiger partial charge in [0.25, 0.3) is 0 Å². The van der Waals surface area contributed by atoms with E-state index in [1.807, 2.05) is 0 Å². The third-order valence-electron chi connectivity index (χ3n) is 5.94. The van der Waals surface area contributed by atoms with Gasteiger partial charge in [-0.1, -0.05) is 50.6 Å². The standard InChI is InChI=1S/C20H24O/c1-19(2,3)15-7-5-14-9-17(21)12-20(18(14)10-15)11-13-4-6-16(20)8-13/h4-5,7,10,16H,6,8-9,11-12H2,1-3H3. The minimum absolute atomic E-state index is 0.135. The van der Waals surface area contributed by atoms with E-state index in [2.05, 4.69) is 45.0 Å². The smallest absolute Gasteiger partial charge is 0.138 e. The molecule has 0 N–H and O–H groups in total. The molecule has 0 heterocycles. The first-order valence-electron chi connectivity index (χ1n) is 8.22. The number of Topliss-reactive ketones (excluding diaryl/α,β-unsaturated/α-hetero) is 1. The Balaban J connectivity index is 1.89. The number of rotatable bonds is 0. The van der Waals surface area contributed by atoms with Crippen LogP contribution in [0.1, 0.15) is 63.1 Å². The fourth-order valence-corrected chi connectivity index (χ4v) is 4.81. The van der Waals surface area contributed by atoms with Gasteiger partial charge in [0.15, 0.2) is 0 Å². The van der Waals surface area contributed by atoms with Crippen molar-refractivity contribution in [3.63, 3.8) is 0 Å². The van der Waals surface area contributed by atoms with Gasteiger partial charge in [-0.3, -0.25) is 4.79 Å². The first kappa shape index (κ1) is 13.3. The molecule has 1 heteroatoms. The van der Waals surface area contributed by atoms with Crippen molar-refractivity contribution in [1.29, 1.82) is 0 Å². The highest BCUT2D eigenvalue weighted by Gasteiger charge is 2.51. The molecule has 1 nitrogen and oxygen atoms in total. The van der Waals surface area contributed by atoms with Gasteiger partial charge in [-0.05, 0) is 47.3 Å². The fraction of sp³-hybridized carbons (Fsp3) is 0.550. The summed E-state index contributed by atoms with van der Waals surface area (Å²) >= 11 is 0. The average Bonchev–Trinajstić information content (AvgIpc) is 2.97. The largest absolute Gasteiger partial charge is 0.299 e. The molecule has 0 aromatic heterocycles. The molecule has 2 unspecified atom stereocenters. The van der Waals surface area contributed by atoms with Gasteiger partial charge in [0.1, 0.15) is 5.78 Å². The van der Waals surface area contributed by atoms with E-state index >= 15 is 0 Å². The van der Waals surface area contributed by atoms with Gasteiger partial charge in [-0.15, -0.1) is 0 Å². The zero-order valence-electron chi connectivity index (χ0n) is 13.3. The zero-order valence-corrected chi connectivity index (χ0v) is 13.3. The van der Waals surface area contributed by atoms with Gasteiger partial charge in [0, 0.05) is 18.3 Å². The molecular weight excluding hydrogens is 256 g/mol. The lowest BCUT2D eigenvalue weighted by molar-refractivity contribution is -0.120. The number of benzene rings is 1. The van der Waals surface area contributed by atoms with Crippen molar-refractivity contribution >= 4 is 5.78 Å². The third-order valence-corrected chi connectivity index (χ3v) is 5.94. The molecule has 0 radical (unpaired) electrons. The van der Waals surface area contributed by atoms with Gasteiger partial charge in [0.05, 0.1) is 0 Å². The molecule has 1 fully saturated rings. The summed E-state index contributed by atoms with van der Waals surface area (Å²) in [6, 6.07) is 6.90. The first-order chi connectivity index (χ1) is 9.88. The van der Waals surface area contributed by atoms with E-state index in [1.165, 1.54) is 29.5 Å². The normalized spacial score (nSPS) is 30.7. The summed E-state index contributed by atoms with van der Waals surface area (Å²) in [6.07, 6.45) is 7.38. The van der Waals surface area contributed by atoms with Crippen molar-refractivity contribution < 1.29 is 4.79 Å². The van der Waals surface area contributed by atoms with Crippen LogP contribution in [0.25, 0.3) is 0 Å². The molecule has 1 aromatic carbocycles. The quantitative estimate of drug-likeness (QED) is 0.640. The molecule has 0 aliphatic heterocycles. The van der Waals surface area contributed by atoms with Crippen LogP contribution in [-0.4, -0.2) is 5.78 Å². The second kappa shape index (κ2) is 4.09. The molecule has 0 saturated heterocycles. The van der Waals surface area contributed by atoms with Gasteiger partial charge in [0.2, 0.25) is 0 Å². The zero-order chi connectivity index (χ0) is 14.8. The third kappa shape index (κ3) is 1.86. The fourth-order valence-electron chi connectivity index (χ4n) is 4.81. The molecule has 4 rings (SSSR count). The Hall–Kier alpha value is -1.37. The minimum Gasteiger partial charge on any atom is -0.299 e. The highest BCUT2D eigenvalue weighted by molar-refractivity contribution is 5.85.